The van der Waals surface area contributed by atoms with E-state index in [4.69, 9.17) is 4.98 Å². The number of nitrogens with one attached hydrogen (secondary N) is 1. The van der Waals surface area contributed by atoms with Gasteiger partial charge in [-0.25, -0.2) is 8.42 Å². The highest BCUT2D eigenvalue weighted by Gasteiger charge is 2.28. The van der Waals surface area contributed by atoms with Crippen LogP contribution in [0.5, 0.6) is 0 Å². The van der Waals surface area contributed by atoms with Gasteiger partial charge in [0.2, 0.25) is 10.0 Å². The van der Waals surface area contributed by atoms with E-state index in [2.05, 4.69) is 29.0 Å². The van der Waals surface area contributed by atoms with Crippen molar-refractivity contribution < 1.29 is 13.2 Å². The van der Waals surface area contributed by atoms with Crippen LogP contribution in [0, 0.1) is 6.92 Å². The molecule has 0 saturated carbocycles. The second-order valence-electron chi connectivity index (χ2n) is 8.30. The Labute approximate surface area is 189 Å². The van der Waals surface area contributed by atoms with Crippen molar-refractivity contribution >= 4 is 21.6 Å². The highest BCUT2D eigenvalue weighted by Crippen LogP contribution is 2.31. The number of carbonyl (C=O) groups is 1. The molecule has 7 heteroatoms. The fourth-order valence-corrected chi connectivity index (χ4v) is 4.81. The fraction of sp³-hybridized carbons (Fsp3) is 0.280. The van der Waals surface area contributed by atoms with E-state index in [1.807, 2.05) is 30.0 Å². The number of para-hydroxylation sites is 1. The molecular formula is C25H27N3O3S. The fourth-order valence-electron chi connectivity index (χ4n) is 4.23. The number of pyridine rings is 1. The number of rotatable bonds is 5. The maximum absolute atomic E-state index is 13.3. The topological polar surface area (TPSA) is 79.4 Å². The zero-order valence-electron chi connectivity index (χ0n) is 18.3. The Bertz CT molecular complexity index is 1230. The summed E-state index contributed by atoms with van der Waals surface area (Å²) < 4.78 is 25.9. The molecule has 0 radical (unpaired) electrons. The first-order chi connectivity index (χ1) is 15.3. The van der Waals surface area contributed by atoms with Gasteiger partial charge in [-0.15, -0.1) is 0 Å². The number of anilines is 1. The molecule has 1 aliphatic rings. The van der Waals surface area contributed by atoms with Crippen LogP contribution in [0.2, 0.25) is 0 Å². The van der Waals surface area contributed by atoms with Gasteiger partial charge in [0, 0.05) is 30.4 Å². The summed E-state index contributed by atoms with van der Waals surface area (Å²) in [5.74, 6) is -0.0394. The van der Waals surface area contributed by atoms with Gasteiger partial charge in [-0.1, -0.05) is 42.5 Å². The Kier molecular flexibility index (Phi) is 6.28. The number of carbonyl (C=O) groups excluding carboxylic acids is 1. The molecule has 6 nitrogen and oxygen atoms in total. The first-order valence-corrected chi connectivity index (χ1v) is 12.6. The number of sulfonamides is 1. The molecule has 166 valence electrons. The van der Waals surface area contributed by atoms with Crippen LogP contribution in [0.25, 0.3) is 11.1 Å². The molecule has 1 amide bonds. The van der Waals surface area contributed by atoms with Crippen molar-refractivity contribution in [2.45, 2.75) is 25.7 Å². The van der Waals surface area contributed by atoms with Crippen molar-refractivity contribution in [3.63, 3.8) is 0 Å². The van der Waals surface area contributed by atoms with E-state index in [1.165, 1.54) is 0 Å². The Morgan fingerprint density at radius 2 is 1.75 bits per heavy atom. The van der Waals surface area contributed by atoms with Gasteiger partial charge < -0.3 is 4.90 Å². The molecule has 1 atom stereocenters. The van der Waals surface area contributed by atoms with Gasteiger partial charge in [-0.3, -0.25) is 14.5 Å². The zero-order valence-corrected chi connectivity index (χ0v) is 19.1. The molecule has 3 aromatic rings. The van der Waals surface area contributed by atoms with E-state index in [9.17, 15) is 13.2 Å². The molecule has 1 unspecified atom stereocenters. The van der Waals surface area contributed by atoms with Crippen molar-refractivity contribution in [1.82, 2.24) is 9.88 Å². The average Bonchev–Trinajstić information content (AvgIpc) is 2.78. The molecule has 2 heterocycles. The van der Waals surface area contributed by atoms with Crippen LogP contribution >= 0.6 is 0 Å². The lowest BCUT2D eigenvalue weighted by molar-refractivity contribution is 0.0707. The minimum atomic E-state index is -3.48. The first-order valence-electron chi connectivity index (χ1n) is 10.7. The highest BCUT2D eigenvalue weighted by atomic mass is 32.2. The zero-order chi connectivity index (χ0) is 22.7. The number of piperidine rings is 1. The first kappa shape index (κ1) is 22.0. The Morgan fingerprint density at radius 3 is 2.50 bits per heavy atom. The third-order valence-corrected chi connectivity index (χ3v) is 6.25. The molecular weight excluding hydrogens is 422 g/mol. The number of hydrogen-bond acceptors (Lipinski definition) is 4. The Balaban J connectivity index is 1.59. The van der Waals surface area contributed by atoms with Gasteiger partial charge in [0.15, 0.2) is 0 Å². The Hall–Kier alpha value is -3.19. The predicted molar refractivity (Wildman–Crippen MR) is 127 cm³/mol. The van der Waals surface area contributed by atoms with Crippen molar-refractivity contribution in [2.24, 2.45) is 0 Å². The number of nitrogens with zero attached hydrogens (tertiary/aromatic N) is 2. The van der Waals surface area contributed by atoms with Gasteiger partial charge in [-0.05, 0) is 55.2 Å². The molecule has 32 heavy (non-hydrogen) atoms. The summed E-state index contributed by atoms with van der Waals surface area (Å²) in [7, 11) is -3.48. The second kappa shape index (κ2) is 9.12. The van der Waals surface area contributed by atoms with Crippen LogP contribution in [0.1, 0.15) is 40.5 Å². The lowest BCUT2D eigenvalue weighted by Crippen LogP contribution is -2.39. The van der Waals surface area contributed by atoms with Crippen molar-refractivity contribution in [3.8, 4) is 11.1 Å². The molecule has 2 aromatic carbocycles. The van der Waals surface area contributed by atoms with E-state index >= 15 is 0 Å². The normalized spacial score (nSPS) is 16.6. The summed E-state index contributed by atoms with van der Waals surface area (Å²) in [6.07, 6.45) is 2.91. The lowest BCUT2D eigenvalue weighted by atomic mass is 9.91. The summed E-state index contributed by atoms with van der Waals surface area (Å²) in [5.41, 5.74) is 4.88. The molecule has 1 aromatic heterocycles. The van der Waals surface area contributed by atoms with Crippen molar-refractivity contribution in [2.75, 3.05) is 24.1 Å². The van der Waals surface area contributed by atoms with E-state index in [-0.39, 0.29) is 11.8 Å². The molecule has 1 aliphatic heterocycles. The molecule has 4 rings (SSSR count). The smallest absolute Gasteiger partial charge is 0.256 e. The molecule has 0 aliphatic carbocycles. The van der Waals surface area contributed by atoms with Gasteiger partial charge in [0.25, 0.3) is 5.91 Å². The molecule has 0 bridgehead atoms. The maximum Gasteiger partial charge on any atom is 0.256 e. The van der Waals surface area contributed by atoms with Crippen LogP contribution in [-0.4, -0.2) is 43.6 Å². The summed E-state index contributed by atoms with van der Waals surface area (Å²) in [6, 6.07) is 21.2. The minimum absolute atomic E-state index is 0.130. The van der Waals surface area contributed by atoms with Crippen LogP contribution in [0.15, 0.2) is 66.7 Å². The number of hydrogen-bond donors (Lipinski definition) is 1. The average molecular weight is 450 g/mol. The van der Waals surface area contributed by atoms with E-state index < -0.39 is 10.0 Å². The monoisotopic (exact) mass is 449 g/mol. The van der Waals surface area contributed by atoms with Gasteiger partial charge in [0.05, 0.1) is 17.5 Å². The lowest BCUT2D eigenvalue weighted by Gasteiger charge is -2.33. The van der Waals surface area contributed by atoms with E-state index in [1.54, 1.807) is 24.3 Å². The number of benzene rings is 2. The van der Waals surface area contributed by atoms with Crippen LogP contribution < -0.4 is 4.72 Å². The molecule has 0 spiro atoms. The second-order valence-corrected chi connectivity index (χ2v) is 10.0. The standard InChI is InChI=1S/C25H27N3O3S/c1-18-15-21(19-9-4-3-5-10-19)16-24(26-18)20-11-8-14-28(17-20)25(29)22-12-6-7-13-23(22)27-32(2,30)31/h3-7,9-10,12-13,15-16,20,27H,8,11,14,17H2,1-2H3. The third-order valence-electron chi connectivity index (χ3n) is 5.66. The number of likely N-dealkylation sites (tertiary alicyclic amines) is 1. The van der Waals surface area contributed by atoms with Gasteiger partial charge >= 0.3 is 0 Å². The largest absolute Gasteiger partial charge is 0.338 e. The van der Waals surface area contributed by atoms with Crippen molar-refractivity contribution in [3.05, 3.63) is 83.7 Å². The number of aryl methyl sites for hydroxylation is 1. The number of amides is 1. The van der Waals surface area contributed by atoms with Crippen LogP contribution in [0.3, 0.4) is 0 Å². The summed E-state index contributed by atoms with van der Waals surface area (Å²) >= 11 is 0. The summed E-state index contributed by atoms with van der Waals surface area (Å²) in [4.78, 5) is 19.9. The van der Waals surface area contributed by atoms with E-state index in [0.717, 1.165) is 41.6 Å². The summed E-state index contributed by atoms with van der Waals surface area (Å²) in [6.45, 7) is 3.19. The molecule has 1 N–H and O–H groups in total. The number of aromatic nitrogens is 1. The van der Waals surface area contributed by atoms with E-state index in [0.29, 0.717) is 24.3 Å². The maximum atomic E-state index is 13.3. The van der Waals surface area contributed by atoms with Crippen LogP contribution in [-0.2, 0) is 10.0 Å². The summed E-state index contributed by atoms with van der Waals surface area (Å²) in [5, 5.41) is 0. The minimum Gasteiger partial charge on any atom is -0.338 e. The quantitative estimate of drug-likeness (QED) is 0.624. The molecule has 1 fully saturated rings. The predicted octanol–water partition coefficient (Wildman–Crippen LogP) is 4.45. The van der Waals surface area contributed by atoms with Gasteiger partial charge in [-0.2, -0.15) is 0 Å². The van der Waals surface area contributed by atoms with Gasteiger partial charge in [0.1, 0.15) is 0 Å². The molecule has 1 saturated heterocycles. The highest BCUT2D eigenvalue weighted by molar-refractivity contribution is 7.92. The van der Waals surface area contributed by atoms with Crippen molar-refractivity contribution in [1.29, 1.82) is 0 Å². The third kappa shape index (κ3) is 5.16. The van der Waals surface area contributed by atoms with Crippen LogP contribution in [0.4, 0.5) is 5.69 Å². The SMILES string of the molecule is Cc1cc(-c2ccccc2)cc(C2CCCN(C(=O)c3ccccc3NS(C)(=O)=O)C2)n1. The Morgan fingerprint density at radius 1 is 1.03 bits per heavy atom.